The van der Waals surface area contributed by atoms with Crippen LogP contribution in [0, 0.1) is 0 Å². The minimum absolute atomic E-state index is 0.0337. The molecule has 0 saturated carbocycles. The second-order valence-electron chi connectivity index (χ2n) is 3.64. The van der Waals surface area contributed by atoms with E-state index in [4.69, 9.17) is 4.74 Å². The fraction of sp³-hybridized carbons (Fsp3) is 0.600. The molecule has 5 nitrogen and oxygen atoms in total. The van der Waals surface area contributed by atoms with Gasteiger partial charge in [-0.2, -0.15) is 5.10 Å². The number of nitrogens with zero attached hydrogens (tertiary/aromatic N) is 3. The Morgan fingerprint density at radius 2 is 2.44 bits per heavy atom. The minimum Gasteiger partial charge on any atom is -0.383 e. The first kappa shape index (κ1) is 13.2. The molecular formula is C10H16BrN3O2. The molecule has 1 heterocycles. The van der Waals surface area contributed by atoms with Crippen molar-refractivity contribution < 1.29 is 9.53 Å². The molecule has 1 aromatic heterocycles. The van der Waals surface area contributed by atoms with Crippen LogP contribution in [0.2, 0.25) is 0 Å². The minimum atomic E-state index is -0.0337. The molecule has 0 aliphatic carbocycles. The zero-order chi connectivity index (χ0) is 12.1. The van der Waals surface area contributed by atoms with E-state index in [-0.39, 0.29) is 10.7 Å². The molecule has 0 radical (unpaired) electrons. The lowest BCUT2D eigenvalue weighted by molar-refractivity contribution is 0.0784. The van der Waals surface area contributed by atoms with Crippen molar-refractivity contribution in [3.8, 4) is 0 Å². The number of ether oxygens (including phenoxy) is 1. The standard InChI is InChI=1S/C10H16BrN3O2/c1-13(6-9(11)7-16-3)10(15)8-4-12-14(2)5-8/h4-5,9H,6-7H2,1-3H3. The number of hydrogen-bond acceptors (Lipinski definition) is 3. The predicted octanol–water partition coefficient (Wildman–Crippen LogP) is 0.902. The molecule has 1 amide bonds. The zero-order valence-corrected chi connectivity index (χ0v) is 11.3. The van der Waals surface area contributed by atoms with Crippen molar-refractivity contribution in [2.45, 2.75) is 4.83 Å². The van der Waals surface area contributed by atoms with Crippen molar-refractivity contribution in [2.24, 2.45) is 7.05 Å². The number of rotatable bonds is 5. The smallest absolute Gasteiger partial charge is 0.256 e. The van der Waals surface area contributed by atoms with Gasteiger partial charge < -0.3 is 9.64 Å². The number of carbonyl (C=O) groups is 1. The average Bonchev–Trinajstić information content (AvgIpc) is 2.64. The molecule has 1 atom stereocenters. The summed E-state index contributed by atoms with van der Waals surface area (Å²) in [5.41, 5.74) is 0.599. The molecular weight excluding hydrogens is 274 g/mol. The predicted molar refractivity (Wildman–Crippen MR) is 64.8 cm³/mol. The van der Waals surface area contributed by atoms with Crippen LogP contribution in [0.1, 0.15) is 10.4 Å². The monoisotopic (exact) mass is 289 g/mol. The maximum atomic E-state index is 11.9. The Balaban J connectivity index is 2.54. The summed E-state index contributed by atoms with van der Waals surface area (Å²) in [6.07, 6.45) is 3.27. The second-order valence-corrected chi connectivity index (χ2v) is 4.94. The number of amides is 1. The van der Waals surface area contributed by atoms with Crippen LogP contribution < -0.4 is 0 Å². The lowest BCUT2D eigenvalue weighted by atomic mass is 10.3. The normalized spacial score (nSPS) is 12.5. The SMILES string of the molecule is COCC(Br)CN(C)C(=O)c1cnn(C)c1. The Bertz CT molecular complexity index is 354. The van der Waals surface area contributed by atoms with Crippen LogP contribution in [0.25, 0.3) is 0 Å². The summed E-state index contributed by atoms with van der Waals surface area (Å²) >= 11 is 3.44. The van der Waals surface area contributed by atoms with E-state index in [9.17, 15) is 4.79 Å². The van der Waals surface area contributed by atoms with Crippen LogP contribution in [0.4, 0.5) is 0 Å². The summed E-state index contributed by atoms with van der Waals surface area (Å²) in [7, 11) is 5.19. The first-order chi connectivity index (χ1) is 7.54. The van der Waals surface area contributed by atoms with E-state index in [1.165, 1.54) is 0 Å². The first-order valence-corrected chi connectivity index (χ1v) is 5.83. The Hall–Kier alpha value is -0.880. The number of aromatic nitrogens is 2. The number of methoxy groups -OCH3 is 1. The van der Waals surface area contributed by atoms with Gasteiger partial charge in [-0.05, 0) is 0 Å². The first-order valence-electron chi connectivity index (χ1n) is 4.91. The largest absolute Gasteiger partial charge is 0.383 e. The molecule has 1 aromatic rings. The van der Waals surface area contributed by atoms with Crippen LogP contribution >= 0.6 is 15.9 Å². The van der Waals surface area contributed by atoms with E-state index in [1.807, 2.05) is 0 Å². The van der Waals surface area contributed by atoms with E-state index >= 15 is 0 Å². The van der Waals surface area contributed by atoms with Crippen molar-refractivity contribution in [1.82, 2.24) is 14.7 Å². The van der Waals surface area contributed by atoms with Crippen molar-refractivity contribution in [1.29, 1.82) is 0 Å². The van der Waals surface area contributed by atoms with E-state index < -0.39 is 0 Å². The van der Waals surface area contributed by atoms with Gasteiger partial charge in [-0.1, -0.05) is 15.9 Å². The van der Waals surface area contributed by atoms with Crippen LogP contribution in [-0.4, -0.2) is 52.7 Å². The maximum Gasteiger partial charge on any atom is 0.256 e. The Morgan fingerprint density at radius 3 is 2.94 bits per heavy atom. The van der Waals surface area contributed by atoms with Crippen molar-refractivity contribution in [2.75, 3.05) is 27.3 Å². The Kier molecular flexibility index (Phi) is 4.95. The molecule has 0 fully saturated rings. The maximum absolute atomic E-state index is 11.9. The highest BCUT2D eigenvalue weighted by Gasteiger charge is 2.16. The van der Waals surface area contributed by atoms with Gasteiger partial charge in [0, 0.05) is 33.9 Å². The van der Waals surface area contributed by atoms with Gasteiger partial charge in [0.1, 0.15) is 0 Å². The lowest BCUT2D eigenvalue weighted by Crippen LogP contribution is -2.33. The van der Waals surface area contributed by atoms with Crippen molar-refractivity contribution in [3.63, 3.8) is 0 Å². The van der Waals surface area contributed by atoms with Gasteiger partial charge in [0.2, 0.25) is 0 Å². The molecule has 90 valence electrons. The topological polar surface area (TPSA) is 47.4 Å². The van der Waals surface area contributed by atoms with Gasteiger partial charge >= 0.3 is 0 Å². The molecule has 0 N–H and O–H groups in total. The highest BCUT2D eigenvalue weighted by Crippen LogP contribution is 2.06. The number of aryl methyl sites for hydroxylation is 1. The van der Waals surface area contributed by atoms with E-state index in [2.05, 4.69) is 21.0 Å². The number of alkyl halides is 1. The summed E-state index contributed by atoms with van der Waals surface area (Å²) in [5.74, 6) is -0.0337. The number of carbonyl (C=O) groups excluding carboxylic acids is 1. The molecule has 0 aliphatic rings. The van der Waals surface area contributed by atoms with E-state index in [0.29, 0.717) is 18.7 Å². The Labute approximate surface area is 103 Å². The average molecular weight is 290 g/mol. The van der Waals surface area contributed by atoms with Gasteiger partial charge in [0.05, 0.1) is 23.2 Å². The second kappa shape index (κ2) is 6.00. The molecule has 16 heavy (non-hydrogen) atoms. The Morgan fingerprint density at radius 1 is 1.75 bits per heavy atom. The molecule has 0 spiro atoms. The lowest BCUT2D eigenvalue weighted by Gasteiger charge is -2.19. The molecule has 6 heteroatoms. The van der Waals surface area contributed by atoms with Crippen LogP contribution in [0.15, 0.2) is 12.4 Å². The fourth-order valence-corrected chi connectivity index (χ4v) is 2.06. The zero-order valence-electron chi connectivity index (χ0n) is 9.68. The summed E-state index contributed by atoms with van der Waals surface area (Å²) in [6, 6.07) is 0. The van der Waals surface area contributed by atoms with Crippen LogP contribution in [0.5, 0.6) is 0 Å². The summed E-state index contributed by atoms with van der Waals surface area (Å²) < 4.78 is 6.61. The molecule has 0 bridgehead atoms. The third kappa shape index (κ3) is 3.61. The van der Waals surface area contributed by atoms with E-state index in [0.717, 1.165) is 0 Å². The van der Waals surface area contributed by atoms with Gasteiger partial charge in [-0.25, -0.2) is 0 Å². The number of hydrogen-bond donors (Lipinski definition) is 0. The number of halogens is 1. The van der Waals surface area contributed by atoms with Gasteiger partial charge in [-0.3, -0.25) is 9.48 Å². The molecule has 1 unspecified atom stereocenters. The van der Waals surface area contributed by atoms with Gasteiger partial charge in [0.15, 0.2) is 0 Å². The highest BCUT2D eigenvalue weighted by atomic mass is 79.9. The molecule has 1 rings (SSSR count). The highest BCUT2D eigenvalue weighted by molar-refractivity contribution is 9.09. The third-order valence-electron chi connectivity index (χ3n) is 2.12. The van der Waals surface area contributed by atoms with Gasteiger partial charge in [-0.15, -0.1) is 0 Å². The molecule has 0 aromatic carbocycles. The van der Waals surface area contributed by atoms with Crippen LogP contribution in [0.3, 0.4) is 0 Å². The molecule has 0 saturated heterocycles. The molecule has 0 aliphatic heterocycles. The van der Waals surface area contributed by atoms with Crippen molar-refractivity contribution in [3.05, 3.63) is 18.0 Å². The summed E-state index contributed by atoms with van der Waals surface area (Å²) in [6.45, 7) is 1.17. The van der Waals surface area contributed by atoms with E-state index in [1.54, 1.807) is 43.2 Å². The summed E-state index contributed by atoms with van der Waals surface area (Å²) in [4.78, 5) is 13.7. The van der Waals surface area contributed by atoms with Gasteiger partial charge in [0.25, 0.3) is 5.91 Å². The fourth-order valence-electron chi connectivity index (χ4n) is 1.37. The van der Waals surface area contributed by atoms with Crippen LogP contribution in [-0.2, 0) is 11.8 Å². The summed E-state index contributed by atoms with van der Waals surface area (Å²) in [5, 5.41) is 3.97. The van der Waals surface area contributed by atoms with Crippen molar-refractivity contribution >= 4 is 21.8 Å². The third-order valence-corrected chi connectivity index (χ3v) is 2.67. The quantitative estimate of drug-likeness (QED) is 0.757.